The van der Waals surface area contributed by atoms with Crippen LogP contribution in [0, 0.1) is 23.4 Å². The molecule has 0 spiro atoms. The summed E-state index contributed by atoms with van der Waals surface area (Å²) >= 11 is 0. The van der Waals surface area contributed by atoms with Gasteiger partial charge in [0.25, 0.3) is 0 Å². The van der Waals surface area contributed by atoms with Crippen molar-refractivity contribution < 1.29 is 38.0 Å². The van der Waals surface area contributed by atoms with Crippen LogP contribution in [0.1, 0.15) is 31.4 Å². The molecule has 1 aliphatic rings. The van der Waals surface area contributed by atoms with Gasteiger partial charge in [0.1, 0.15) is 35.8 Å². The van der Waals surface area contributed by atoms with E-state index in [-0.39, 0.29) is 23.5 Å². The Morgan fingerprint density at radius 1 is 1.11 bits per heavy atom. The number of nitrogens with zero attached hydrogens (tertiary/aromatic N) is 3. The number of ketones is 1. The lowest BCUT2D eigenvalue weighted by Crippen LogP contribution is -2.58. The number of aryl methyl sites for hydroxylation is 1. The predicted octanol–water partition coefficient (Wildman–Crippen LogP) is 2.61. The third-order valence-corrected chi connectivity index (χ3v) is 6.77. The molecule has 0 aliphatic carbocycles. The first-order valence-corrected chi connectivity index (χ1v) is 12.0. The van der Waals surface area contributed by atoms with Crippen LogP contribution in [0.4, 0.5) is 13.2 Å². The molecule has 11 heteroatoms. The van der Waals surface area contributed by atoms with Crippen molar-refractivity contribution in [3.63, 3.8) is 0 Å². The Bertz CT molecular complexity index is 1200. The van der Waals surface area contributed by atoms with Crippen molar-refractivity contribution >= 4 is 5.78 Å². The van der Waals surface area contributed by atoms with Gasteiger partial charge in [0.15, 0.2) is 17.5 Å². The summed E-state index contributed by atoms with van der Waals surface area (Å²) in [6, 6.07) is 9.80. The number of rotatable bonds is 9. The molecule has 0 saturated carbocycles. The fraction of sp³-hybridized carbons (Fsp3) is 0.423. The van der Waals surface area contributed by atoms with Crippen LogP contribution in [0.3, 0.4) is 0 Å². The Hall–Kier alpha value is -3.12. The zero-order chi connectivity index (χ0) is 26.7. The lowest BCUT2D eigenvalue weighted by molar-refractivity contribution is -0.219. The quantitative estimate of drug-likeness (QED) is 0.372. The Kier molecular flexibility index (Phi) is 8.38. The number of aliphatic hydroxyl groups is 3. The van der Waals surface area contributed by atoms with Crippen molar-refractivity contribution in [3.05, 3.63) is 71.7 Å². The summed E-state index contributed by atoms with van der Waals surface area (Å²) < 4.78 is 47.8. The van der Waals surface area contributed by atoms with Crippen LogP contribution in [0.2, 0.25) is 0 Å². The molecule has 1 aromatic heterocycles. The highest BCUT2D eigenvalue weighted by Crippen LogP contribution is 2.36. The standard InChI is InChI=1S/C26H28F3N3O5/c1-2-20(34)16(9-8-14-6-4-3-5-7-14)26-25(36)23(24(35)21(13-33)37-26)32-12-19(30-31-32)15-10-17(27)22(29)18(28)11-15/h3-7,10-12,16,21,23-26,33,35-36H,2,8-9,13H2,1H3/t16?,21?,23-,24-,25?,26-/m0/s1. The van der Waals surface area contributed by atoms with Crippen LogP contribution in [0.25, 0.3) is 11.3 Å². The molecule has 1 fully saturated rings. The van der Waals surface area contributed by atoms with Gasteiger partial charge in [-0.25, -0.2) is 17.9 Å². The summed E-state index contributed by atoms with van der Waals surface area (Å²) in [6.45, 7) is 1.11. The number of halogens is 3. The summed E-state index contributed by atoms with van der Waals surface area (Å²) in [5.41, 5.74) is 0.860. The van der Waals surface area contributed by atoms with Crippen molar-refractivity contribution in [3.8, 4) is 11.3 Å². The van der Waals surface area contributed by atoms with Crippen LogP contribution in [0.5, 0.6) is 0 Å². The molecule has 3 unspecified atom stereocenters. The average molecular weight is 520 g/mol. The molecule has 2 heterocycles. The van der Waals surface area contributed by atoms with E-state index < -0.39 is 60.4 Å². The molecule has 4 rings (SSSR count). The summed E-state index contributed by atoms with van der Waals surface area (Å²) in [5.74, 6) is -5.33. The number of Topliss-reactive ketones (excluding diaryl/α,β-unsaturated/α-hetero) is 1. The van der Waals surface area contributed by atoms with Gasteiger partial charge in [-0.2, -0.15) is 0 Å². The molecule has 0 amide bonds. The van der Waals surface area contributed by atoms with Crippen LogP contribution in [-0.2, 0) is 16.0 Å². The first-order valence-electron chi connectivity index (χ1n) is 12.0. The Labute approximate surface area is 211 Å². The van der Waals surface area contributed by atoms with Crippen molar-refractivity contribution in [2.24, 2.45) is 5.92 Å². The van der Waals surface area contributed by atoms with Gasteiger partial charge in [0, 0.05) is 17.9 Å². The average Bonchev–Trinajstić information content (AvgIpc) is 3.38. The SMILES string of the molecule is CCC(=O)C(CCc1ccccc1)[C@@H]1OC(CO)[C@H](O)[C@H](n2cc(-c3cc(F)c(F)c(F)c3)nn2)C1O. The van der Waals surface area contributed by atoms with E-state index in [4.69, 9.17) is 4.74 Å². The topological polar surface area (TPSA) is 118 Å². The fourth-order valence-electron chi connectivity index (χ4n) is 4.77. The van der Waals surface area contributed by atoms with E-state index in [1.165, 1.54) is 6.20 Å². The number of carbonyl (C=O) groups excluding carboxylic acids is 1. The molecule has 0 radical (unpaired) electrons. The number of carbonyl (C=O) groups is 1. The molecule has 2 aromatic carbocycles. The van der Waals surface area contributed by atoms with Crippen molar-refractivity contribution in [2.45, 2.75) is 56.6 Å². The van der Waals surface area contributed by atoms with Crippen molar-refractivity contribution in [2.75, 3.05) is 6.61 Å². The summed E-state index contributed by atoms with van der Waals surface area (Å²) in [4.78, 5) is 12.9. The minimum Gasteiger partial charge on any atom is -0.394 e. The highest BCUT2D eigenvalue weighted by molar-refractivity contribution is 5.81. The molecule has 3 aromatic rings. The Balaban J connectivity index is 1.64. The van der Waals surface area contributed by atoms with Crippen LogP contribution >= 0.6 is 0 Å². The van der Waals surface area contributed by atoms with Gasteiger partial charge in [0.2, 0.25) is 0 Å². The number of aromatic nitrogens is 3. The lowest BCUT2D eigenvalue weighted by Gasteiger charge is -2.44. The fourth-order valence-corrected chi connectivity index (χ4v) is 4.77. The summed E-state index contributed by atoms with van der Waals surface area (Å²) in [7, 11) is 0. The van der Waals surface area contributed by atoms with Gasteiger partial charge in [-0.15, -0.1) is 5.10 Å². The molecule has 3 N–H and O–H groups in total. The molecule has 1 aliphatic heterocycles. The summed E-state index contributed by atoms with van der Waals surface area (Å²) in [6.07, 6.45) is -2.78. The van der Waals surface area contributed by atoms with Crippen LogP contribution in [-0.4, -0.2) is 67.1 Å². The van der Waals surface area contributed by atoms with Gasteiger partial charge >= 0.3 is 0 Å². The maximum atomic E-state index is 13.7. The van der Waals surface area contributed by atoms with Crippen molar-refractivity contribution in [1.82, 2.24) is 15.0 Å². The second-order valence-corrected chi connectivity index (χ2v) is 9.08. The zero-order valence-electron chi connectivity index (χ0n) is 20.0. The molecule has 1 saturated heterocycles. The maximum Gasteiger partial charge on any atom is 0.194 e. The monoisotopic (exact) mass is 519 g/mol. The molecule has 198 valence electrons. The Morgan fingerprint density at radius 3 is 2.41 bits per heavy atom. The zero-order valence-corrected chi connectivity index (χ0v) is 20.0. The van der Waals surface area contributed by atoms with Gasteiger partial charge < -0.3 is 20.1 Å². The predicted molar refractivity (Wildman–Crippen MR) is 126 cm³/mol. The smallest absolute Gasteiger partial charge is 0.194 e. The number of aliphatic hydroxyl groups excluding tert-OH is 3. The highest BCUT2D eigenvalue weighted by Gasteiger charge is 2.49. The maximum absolute atomic E-state index is 13.7. The number of benzene rings is 2. The van der Waals surface area contributed by atoms with Gasteiger partial charge in [-0.3, -0.25) is 4.79 Å². The third-order valence-electron chi connectivity index (χ3n) is 6.77. The number of hydrogen-bond donors (Lipinski definition) is 3. The van der Waals surface area contributed by atoms with Gasteiger partial charge in [-0.1, -0.05) is 42.5 Å². The molecule has 8 nitrogen and oxygen atoms in total. The van der Waals surface area contributed by atoms with Gasteiger partial charge in [0.05, 0.1) is 18.9 Å². The number of ether oxygens (including phenoxy) is 1. The van der Waals surface area contributed by atoms with Gasteiger partial charge in [-0.05, 0) is 30.5 Å². The van der Waals surface area contributed by atoms with E-state index in [2.05, 4.69) is 10.3 Å². The lowest BCUT2D eigenvalue weighted by atomic mass is 9.81. The molecular weight excluding hydrogens is 491 g/mol. The second-order valence-electron chi connectivity index (χ2n) is 9.08. The van der Waals surface area contributed by atoms with Crippen LogP contribution in [0.15, 0.2) is 48.7 Å². The first-order chi connectivity index (χ1) is 17.7. The first kappa shape index (κ1) is 26.9. The molecule has 6 atom stereocenters. The third kappa shape index (κ3) is 5.59. The minimum absolute atomic E-state index is 0.0361. The molecule has 37 heavy (non-hydrogen) atoms. The van der Waals surface area contributed by atoms with Crippen molar-refractivity contribution in [1.29, 1.82) is 0 Å². The second kappa shape index (κ2) is 11.5. The van der Waals surface area contributed by atoms with E-state index in [1.807, 2.05) is 30.3 Å². The summed E-state index contributed by atoms with van der Waals surface area (Å²) in [5, 5.41) is 39.8. The highest BCUT2D eigenvalue weighted by atomic mass is 19.2. The van der Waals surface area contributed by atoms with E-state index in [0.29, 0.717) is 12.8 Å². The largest absolute Gasteiger partial charge is 0.394 e. The van der Waals surface area contributed by atoms with E-state index in [9.17, 15) is 33.3 Å². The van der Waals surface area contributed by atoms with Crippen LogP contribution < -0.4 is 0 Å². The molecular formula is C26H28F3N3O5. The van der Waals surface area contributed by atoms with E-state index >= 15 is 0 Å². The van der Waals surface area contributed by atoms with E-state index in [1.54, 1.807) is 6.92 Å². The number of hydrogen-bond acceptors (Lipinski definition) is 7. The normalized spacial score (nSPS) is 24.7. The Morgan fingerprint density at radius 2 is 1.78 bits per heavy atom. The van der Waals surface area contributed by atoms with E-state index in [0.717, 1.165) is 22.4 Å². The molecule has 0 bridgehead atoms. The minimum atomic E-state index is -1.62.